The van der Waals surface area contributed by atoms with E-state index in [0.29, 0.717) is 18.5 Å². The number of hydrogen-bond acceptors (Lipinski definition) is 4. The molecule has 5 nitrogen and oxygen atoms in total. The summed E-state index contributed by atoms with van der Waals surface area (Å²) >= 11 is 0. The number of likely N-dealkylation sites (tertiary alicyclic amines) is 1. The van der Waals surface area contributed by atoms with Gasteiger partial charge in [-0.3, -0.25) is 9.69 Å². The van der Waals surface area contributed by atoms with Crippen LogP contribution in [0.1, 0.15) is 26.7 Å². The second-order valence-electron chi connectivity index (χ2n) is 6.44. The van der Waals surface area contributed by atoms with Crippen LogP contribution in [0.25, 0.3) is 0 Å². The number of carbonyl (C=O) groups is 1. The summed E-state index contributed by atoms with van der Waals surface area (Å²) in [7, 11) is 0. The molecule has 2 N–H and O–H groups in total. The first-order valence-corrected chi connectivity index (χ1v) is 7.92. The zero-order valence-electron chi connectivity index (χ0n) is 12.9. The maximum Gasteiger partial charge on any atom is 0.227 e. The van der Waals surface area contributed by atoms with Gasteiger partial charge in [0.25, 0.3) is 0 Å². The van der Waals surface area contributed by atoms with Crippen molar-refractivity contribution in [3.05, 3.63) is 0 Å². The molecule has 0 radical (unpaired) electrons. The van der Waals surface area contributed by atoms with E-state index in [1.165, 1.54) is 0 Å². The average Bonchev–Trinajstić information content (AvgIpc) is 2.94. The normalized spacial score (nSPS) is 26.2. The lowest BCUT2D eigenvalue weighted by molar-refractivity contribution is -0.134. The number of amides is 1. The molecular formula is C15H29N3O2. The van der Waals surface area contributed by atoms with Crippen molar-refractivity contribution in [3.63, 3.8) is 0 Å². The fraction of sp³-hybridized carbons (Fsp3) is 0.933. The summed E-state index contributed by atoms with van der Waals surface area (Å²) in [6.45, 7) is 10.2. The molecule has 2 heterocycles. The van der Waals surface area contributed by atoms with Gasteiger partial charge < -0.3 is 15.4 Å². The van der Waals surface area contributed by atoms with Gasteiger partial charge >= 0.3 is 0 Å². The van der Waals surface area contributed by atoms with Gasteiger partial charge in [-0.15, -0.1) is 0 Å². The highest BCUT2D eigenvalue weighted by Crippen LogP contribution is 2.21. The molecule has 5 heteroatoms. The van der Waals surface area contributed by atoms with Crippen molar-refractivity contribution < 1.29 is 9.53 Å². The van der Waals surface area contributed by atoms with Crippen LogP contribution in [-0.4, -0.2) is 67.7 Å². The van der Waals surface area contributed by atoms with Gasteiger partial charge in [0.2, 0.25) is 5.91 Å². The molecule has 0 saturated carbocycles. The molecule has 2 aliphatic rings. The third kappa shape index (κ3) is 3.93. The number of nitrogens with two attached hydrogens (primary N) is 1. The van der Waals surface area contributed by atoms with E-state index in [-0.39, 0.29) is 11.8 Å². The van der Waals surface area contributed by atoms with E-state index in [9.17, 15) is 4.79 Å². The fourth-order valence-electron chi connectivity index (χ4n) is 3.31. The van der Waals surface area contributed by atoms with Gasteiger partial charge in [-0.25, -0.2) is 0 Å². The van der Waals surface area contributed by atoms with Crippen LogP contribution in [0, 0.1) is 11.8 Å². The SMILES string of the molecule is CC(C)CC(CN)C(=O)N1CCC(N2CCOCC2)C1. The van der Waals surface area contributed by atoms with Gasteiger partial charge in [0.05, 0.1) is 19.1 Å². The summed E-state index contributed by atoms with van der Waals surface area (Å²) in [5, 5.41) is 0. The molecule has 0 aliphatic carbocycles. The first-order valence-electron chi connectivity index (χ1n) is 7.92. The summed E-state index contributed by atoms with van der Waals surface area (Å²) in [6.07, 6.45) is 1.98. The van der Waals surface area contributed by atoms with E-state index in [2.05, 4.69) is 18.7 Å². The number of hydrogen-bond donors (Lipinski definition) is 1. The maximum absolute atomic E-state index is 12.5. The zero-order valence-corrected chi connectivity index (χ0v) is 12.9. The Bertz CT molecular complexity index is 316. The molecular weight excluding hydrogens is 254 g/mol. The number of ether oxygens (including phenoxy) is 1. The lowest BCUT2D eigenvalue weighted by atomic mass is 9.96. The molecule has 0 aromatic heterocycles. The first kappa shape index (κ1) is 15.7. The van der Waals surface area contributed by atoms with E-state index < -0.39 is 0 Å². The highest BCUT2D eigenvalue weighted by Gasteiger charge is 2.33. The number of nitrogens with zero attached hydrogens (tertiary/aromatic N) is 2. The van der Waals surface area contributed by atoms with Crippen molar-refractivity contribution in [1.82, 2.24) is 9.80 Å². The van der Waals surface area contributed by atoms with E-state index in [4.69, 9.17) is 10.5 Å². The lowest BCUT2D eigenvalue weighted by Crippen LogP contribution is -2.46. The van der Waals surface area contributed by atoms with Crippen LogP contribution in [0.5, 0.6) is 0 Å². The third-order valence-electron chi connectivity index (χ3n) is 4.43. The molecule has 2 atom stereocenters. The minimum Gasteiger partial charge on any atom is -0.379 e. The number of carbonyl (C=O) groups excluding carboxylic acids is 1. The molecule has 1 amide bonds. The summed E-state index contributed by atoms with van der Waals surface area (Å²) in [6, 6.07) is 0.514. The molecule has 2 unspecified atom stereocenters. The maximum atomic E-state index is 12.5. The Morgan fingerprint density at radius 1 is 1.30 bits per heavy atom. The molecule has 0 spiro atoms. The zero-order chi connectivity index (χ0) is 14.5. The van der Waals surface area contributed by atoms with E-state index >= 15 is 0 Å². The number of morpholine rings is 1. The second-order valence-corrected chi connectivity index (χ2v) is 6.44. The molecule has 2 saturated heterocycles. The summed E-state index contributed by atoms with van der Waals surface area (Å²) in [4.78, 5) is 17.0. The largest absolute Gasteiger partial charge is 0.379 e. The number of rotatable bonds is 5. The monoisotopic (exact) mass is 283 g/mol. The fourth-order valence-corrected chi connectivity index (χ4v) is 3.31. The second kappa shape index (κ2) is 7.38. The topological polar surface area (TPSA) is 58.8 Å². The standard InChI is InChI=1S/C15H29N3O2/c1-12(2)9-13(10-16)15(19)18-4-3-14(11-18)17-5-7-20-8-6-17/h12-14H,3-11,16H2,1-2H3. The van der Waals surface area contributed by atoms with Crippen LogP contribution in [0.4, 0.5) is 0 Å². The Morgan fingerprint density at radius 3 is 2.60 bits per heavy atom. The van der Waals surface area contributed by atoms with Crippen molar-refractivity contribution in [2.75, 3.05) is 45.9 Å². The Hall–Kier alpha value is -0.650. The first-order chi connectivity index (χ1) is 9.61. The van der Waals surface area contributed by atoms with Crippen LogP contribution < -0.4 is 5.73 Å². The van der Waals surface area contributed by atoms with Crippen molar-refractivity contribution in [3.8, 4) is 0 Å². The third-order valence-corrected chi connectivity index (χ3v) is 4.43. The minimum atomic E-state index is -0.00145. The van der Waals surface area contributed by atoms with Gasteiger partial charge in [0, 0.05) is 38.8 Å². The van der Waals surface area contributed by atoms with Gasteiger partial charge in [0.1, 0.15) is 0 Å². The van der Waals surface area contributed by atoms with Crippen molar-refractivity contribution >= 4 is 5.91 Å². The molecule has 0 aromatic rings. The lowest BCUT2D eigenvalue weighted by Gasteiger charge is -2.32. The molecule has 0 bridgehead atoms. The van der Waals surface area contributed by atoms with Gasteiger partial charge in [0.15, 0.2) is 0 Å². The van der Waals surface area contributed by atoms with Crippen LogP contribution in [-0.2, 0) is 9.53 Å². The minimum absolute atomic E-state index is 0.00145. The van der Waals surface area contributed by atoms with Gasteiger partial charge in [-0.1, -0.05) is 13.8 Å². The molecule has 2 rings (SSSR count). The Labute approximate surface area is 122 Å². The molecule has 2 fully saturated rings. The van der Waals surface area contributed by atoms with Crippen molar-refractivity contribution in [2.45, 2.75) is 32.7 Å². The Balaban J connectivity index is 1.85. The molecule has 20 heavy (non-hydrogen) atoms. The van der Waals surface area contributed by atoms with Crippen LogP contribution in [0.3, 0.4) is 0 Å². The van der Waals surface area contributed by atoms with Gasteiger partial charge in [-0.05, 0) is 18.8 Å². The summed E-state index contributed by atoms with van der Waals surface area (Å²) in [5.41, 5.74) is 5.79. The van der Waals surface area contributed by atoms with Crippen LogP contribution in [0.2, 0.25) is 0 Å². The summed E-state index contributed by atoms with van der Waals surface area (Å²) in [5.74, 6) is 0.778. The van der Waals surface area contributed by atoms with Crippen molar-refractivity contribution in [2.24, 2.45) is 17.6 Å². The van der Waals surface area contributed by atoms with E-state index in [0.717, 1.165) is 52.2 Å². The highest BCUT2D eigenvalue weighted by atomic mass is 16.5. The van der Waals surface area contributed by atoms with Crippen LogP contribution in [0.15, 0.2) is 0 Å². The predicted molar refractivity (Wildman–Crippen MR) is 79.4 cm³/mol. The predicted octanol–water partition coefficient (Wildman–Crippen LogP) is 0.541. The Kier molecular flexibility index (Phi) is 5.81. The Morgan fingerprint density at radius 2 is 2.00 bits per heavy atom. The quantitative estimate of drug-likeness (QED) is 0.800. The molecule has 0 aromatic carbocycles. The van der Waals surface area contributed by atoms with Crippen molar-refractivity contribution in [1.29, 1.82) is 0 Å². The van der Waals surface area contributed by atoms with Crippen LogP contribution >= 0.6 is 0 Å². The smallest absolute Gasteiger partial charge is 0.227 e. The van der Waals surface area contributed by atoms with E-state index in [1.807, 2.05) is 4.90 Å². The van der Waals surface area contributed by atoms with Gasteiger partial charge in [-0.2, -0.15) is 0 Å². The van der Waals surface area contributed by atoms with E-state index in [1.54, 1.807) is 0 Å². The molecule has 2 aliphatic heterocycles. The molecule has 116 valence electrons. The highest BCUT2D eigenvalue weighted by molar-refractivity contribution is 5.79. The average molecular weight is 283 g/mol. The summed E-state index contributed by atoms with van der Waals surface area (Å²) < 4.78 is 5.39.